The van der Waals surface area contributed by atoms with Crippen molar-refractivity contribution in [3.05, 3.63) is 35.9 Å². The summed E-state index contributed by atoms with van der Waals surface area (Å²) in [7, 11) is 0. The van der Waals surface area contributed by atoms with E-state index in [1.807, 2.05) is 0 Å². The highest BCUT2D eigenvalue weighted by atomic mass is 19.4. The van der Waals surface area contributed by atoms with Gasteiger partial charge in [0, 0.05) is 18.1 Å². The fourth-order valence-electron chi connectivity index (χ4n) is 3.34. The predicted octanol–water partition coefficient (Wildman–Crippen LogP) is 4.30. The summed E-state index contributed by atoms with van der Waals surface area (Å²) in [6.07, 6.45) is 0.344. The van der Waals surface area contributed by atoms with E-state index < -0.39 is 11.7 Å². The lowest BCUT2D eigenvalue weighted by Gasteiger charge is -2.26. The van der Waals surface area contributed by atoms with Crippen LogP contribution < -0.4 is 5.32 Å². The first-order chi connectivity index (χ1) is 12.9. The summed E-state index contributed by atoms with van der Waals surface area (Å²) in [5.74, 6) is 0.0408. The minimum absolute atomic E-state index is 0.00287. The van der Waals surface area contributed by atoms with E-state index in [4.69, 9.17) is 0 Å². The molecule has 1 saturated heterocycles. The van der Waals surface area contributed by atoms with E-state index in [9.17, 15) is 18.0 Å². The maximum absolute atomic E-state index is 13.1. The van der Waals surface area contributed by atoms with Crippen LogP contribution in [-0.4, -0.2) is 40.6 Å². The Morgan fingerprint density at radius 3 is 2.67 bits per heavy atom. The van der Waals surface area contributed by atoms with Gasteiger partial charge in [0.05, 0.1) is 11.3 Å². The number of likely N-dealkylation sites (tertiary alicyclic amines) is 1. The van der Waals surface area contributed by atoms with Gasteiger partial charge in [-0.1, -0.05) is 24.6 Å². The summed E-state index contributed by atoms with van der Waals surface area (Å²) in [5.41, 5.74) is -0.525. The van der Waals surface area contributed by atoms with Crippen molar-refractivity contribution in [1.29, 1.82) is 0 Å². The quantitative estimate of drug-likeness (QED) is 0.786. The molecule has 0 atom stereocenters. The number of benzene rings is 1. The number of carbonyl (C=O) groups is 1. The first kappa shape index (κ1) is 19.4. The molecule has 0 unspecified atom stereocenters. The van der Waals surface area contributed by atoms with Gasteiger partial charge in [-0.3, -0.25) is 9.89 Å². The van der Waals surface area contributed by atoms with Crippen molar-refractivity contribution in [2.75, 3.05) is 25.0 Å². The number of rotatable bonds is 6. The van der Waals surface area contributed by atoms with Gasteiger partial charge in [0.1, 0.15) is 0 Å². The second-order valence-electron chi connectivity index (χ2n) is 6.76. The minimum Gasteiger partial charge on any atom is -0.309 e. The Morgan fingerprint density at radius 1 is 1.19 bits per heavy atom. The van der Waals surface area contributed by atoms with Gasteiger partial charge >= 0.3 is 6.18 Å². The number of H-pyrrole nitrogens is 1. The number of hydrogen-bond acceptors (Lipinski definition) is 3. The fourth-order valence-corrected chi connectivity index (χ4v) is 3.34. The second kappa shape index (κ2) is 8.56. The Balaban J connectivity index is 1.56. The molecule has 2 aromatic rings. The van der Waals surface area contributed by atoms with Crippen LogP contribution in [0.5, 0.6) is 0 Å². The van der Waals surface area contributed by atoms with Crippen LogP contribution in [0.3, 0.4) is 0 Å². The predicted molar refractivity (Wildman–Crippen MR) is 97.2 cm³/mol. The number of amides is 1. The Bertz CT molecular complexity index is 766. The molecule has 1 aliphatic heterocycles. The summed E-state index contributed by atoms with van der Waals surface area (Å²) in [4.78, 5) is 14.4. The van der Waals surface area contributed by atoms with Crippen LogP contribution in [0, 0.1) is 0 Å². The Kier molecular flexibility index (Phi) is 6.15. The van der Waals surface area contributed by atoms with Crippen molar-refractivity contribution in [2.24, 2.45) is 0 Å². The highest BCUT2D eigenvalue weighted by molar-refractivity contribution is 5.90. The summed E-state index contributed by atoms with van der Waals surface area (Å²) >= 11 is 0. The fraction of sp³-hybridized carbons (Fsp3) is 0.474. The zero-order valence-electron chi connectivity index (χ0n) is 15.0. The molecule has 1 aliphatic rings. The zero-order chi connectivity index (χ0) is 19.3. The smallest absolute Gasteiger partial charge is 0.309 e. The number of aromatic nitrogens is 2. The third-order valence-corrected chi connectivity index (χ3v) is 4.69. The van der Waals surface area contributed by atoms with Gasteiger partial charge in [-0.25, -0.2) is 0 Å². The second-order valence-corrected chi connectivity index (χ2v) is 6.76. The molecule has 0 radical (unpaired) electrons. The van der Waals surface area contributed by atoms with E-state index in [-0.39, 0.29) is 23.0 Å². The van der Waals surface area contributed by atoms with Crippen molar-refractivity contribution in [3.63, 3.8) is 0 Å². The third kappa shape index (κ3) is 5.32. The number of hydrogen-bond donors (Lipinski definition) is 2. The topological polar surface area (TPSA) is 61.0 Å². The number of halogens is 3. The van der Waals surface area contributed by atoms with Gasteiger partial charge in [0.2, 0.25) is 5.91 Å². The molecular weight excluding hydrogens is 357 g/mol. The Hall–Kier alpha value is -2.35. The molecule has 0 saturated carbocycles. The highest BCUT2D eigenvalue weighted by Crippen LogP contribution is 2.36. The number of piperidine rings is 1. The maximum atomic E-state index is 13.1. The van der Waals surface area contributed by atoms with Gasteiger partial charge in [0.25, 0.3) is 0 Å². The summed E-state index contributed by atoms with van der Waals surface area (Å²) in [5, 5.41) is 9.14. The average Bonchev–Trinajstić information content (AvgIpc) is 3.10. The van der Waals surface area contributed by atoms with E-state index in [2.05, 4.69) is 20.4 Å². The van der Waals surface area contributed by atoms with E-state index in [0.29, 0.717) is 6.42 Å². The van der Waals surface area contributed by atoms with Crippen molar-refractivity contribution >= 4 is 11.7 Å². The molecule has 2 heterocycles. The van der Waals surface area contributed by atoms with Crippen molar-refractivity contribution in [1.82, 2.24) is 15.1 Å². The lowest BCUT2D eigenvalue weighted by molar-refractivity contribution is -0.137. The van der Waals surface area contributed by atoms with Crippen LogP contribution in [0.4, 0.5) is 19.0 Å². The SMILES string of the molecule is O=C(CCCN1CCCCC1)Nc1cc(-c2ccccc2C(F)(F)F)[nH]n1. The normalized spacial score (nSPS) is 15.7. The Labute approximate surface area is 155 Å². The van der Waals surface area contributed by atoms with E-state index in [0.717, 1.165) is 32.1 Å². The van der Waals surface area contributed by atoms with Crippen molar-refractivity contribution in [2.45, 2.75) is 38.3 Å². The molecule has 1 amide bonds. The molecule has 0 bridgehead atoms. The standard InChI is InChI=1S/C19H23F3N4O/c20-19(21,22)15-8-3-2-7-14(15)16-13-17(25-24-16)23-18(27)9-6-12-26-10-4-1-5-11-26/h2-3,7-8,13H,1,4-6,9-12H2,(H2,23,24,25,27). The third-order valence-electron chi connectivity index (χ3n) is 4.69. The van der Waals surface area contributed by atoms with Crippen LogP contribution in [0.25, 0.3) is 11.3 Å². The number of alkyl halides is 3. The molecule has 2 N–H and O–H groups in total. The van der Waals surface area contributed by atoms with Gasteiger partial charge in [0.15, 0.2) is 5.82 Å². The molecule has 8 heteroatoms. The van der Waals surface area contributed by atoms with Crippen LogP contribution in [0.1, 0.15) is 37.7 Å². The van der Waals surface area contributed by atoms with Crippen LogP contribution in [0.2, 0.25) is 0 Å². The van der Waals surface area contributed by atoms with Gasteiger partial charge in [-0.05, 0) is 45.0 Å². The molecule has 146 valence electrons. The number of aromatic amines is 1. The van der Waals surface area contributed by atoms with E-state index in [1.54, 1.807) is 0 Å². The van der Waals surface area contributed by atoms with Crippen molar-refractivity contribution < 1.29 is 18.0 Å². The molecule has 1 aromatic heterocycles. The number of anilines is 1. The Morgan fingerprint density at radius 2 is 1.93 bits per heavy atom. The lowest BCUT2D eigenvalue weighted by Crippen LogP contribution is -2.31. The summed E-state index contributed by atoms with van der Waals surface area (Å²) in [6.45, 7) is 3.06. The van der Waals surface area contributed by atoms with Crippen LogP contribution in [-0.2, 0) is 11.0 Å². The molecule has 0 aliphatic carbocycles. The first-order valence-electron chi connectivity index (χ1n) is 9.18. The molecular formula is C19H23F3N4O. The molecule has 5 nitrogen and oxygen atoms in total. The first-order valence-corrected chi connectivity index (χ1v) is 9.18. The maximum Gasteiger partial charge on any atom is 0.417 e. The van der Waals surface area contributed by atoms with Gasteiger partial charge in [-0.15, -0.1) is 0 Å². The molecule has 3 rings (SSSR count). The van der Waals surface area contributed by atoms with Gasteiger partial charge in [-0.2, -0.15) is 18.3 Å². The van der Waals surface area contributed by atoms with E-state index in [1.165, 1.54) is 43.5 Å². The van der Waals surface area contributed by atoms with E-state index >= 15 is 0 Å². The van der Waals surface area contributed by atoms with Gasteiger partial charge < -0.3 is 10.2 Å². The molecule has 1 aromatic carbocycles. The number of carbonyl (C=O) groups excluding carboxylic acids is 1. The van der Waals surface area contributed by atoms with Crippen LogP contribution >= 0.6 is 0 Å². The average molecular weight is 380 g/mol. The monoisotopic (exact) mass is 380 g/mol. The lowest BCUT2D eigenvalue weighted by atomic mass is 10.0. The number of nitrogens with zero attached hydrogens (tertiary/aromatic N) is 2. The van der Waals surface area contributed by atoms with Crippen molar-refractivity contribution in [3.8, 4) is 11.3 Å². The summed E-state index contributed by atoms with van der Waals surface area (Å²) < 4.78 is 39.4. The number of nitrogens with one attached hydrogen (secondary N) is 2. The molecule has 27 heavy (non-hydrogen) atoms. The van der Waals surface area contributed by atoms with Crippen LogP contribution in [0.15, 0.2) is 30.3 Å². The molecule has 0 spiro atoms. The summed E-state index contributed by atoms with van der Waals surface area (Å²) in [6, 6.07) is 6.70. The highest BCUT2D eigenvalue weighted by Gasteiger charge is 2.33. The minimum atomic E-state index is -4.46. The zero-order valence-corrected chi connectivity index (χ0v) is 15.0. The largest absolute Gasteiger partial charge is 0.417 e. The molecule has 1 fully saturated rings.